The maximum Gasteiger partial charge on any atom is 0.318 e. The minimum absolute atomic E-state index is 0.0948. The lowest BCUT2D eigenvalue weighted by Gasteiger charge is -2.42. The first-order valence-corrected chi connectivity index (χ1v) is 9.64. The molecule has 2 N–H and O–H groups in total. The lowest BCUT2D eigenvalue weighted by atomic mass is 9.78. The molecule has 0 radical (unpaired) electrons. The average Bonchev–Trinajstić information content (AvgIpc) is 3.04. The summed E-state index contributed by atoms with van der Waals surface area (Å²) < 4.78 is 5.81. The fraction of sp³-hybridized carbons (Fsp3) is 0.650. The first kappa shape index (κ1) is 16.9. The first-order valence-electron chi connectivity index (χ1n) is 9.64. The summed E-state index contributed by atoms with van der Waals surface area (Å²) in [5.41, 5.74) is 2.45. The van der Waals surface area contributed by atoms with Crippen LogP contribution in [0.4, 0.5) is 4.79 Å². The Morgan fingerprint density at radius 1 is 1.20 bits per heavy atom. The summed E-state index contributed by atoms with van der Waals surface area (Å²) in [5.74, 6) is 1.13. The van der Waals surface area contributed by atoms with Gasteiger partial charge in [-0.3, -0.25) is 0 Å². The number of nitrogens with zero attached hydrogens (tertiary/aromatic N) is 1. The summed E-state index contributed by atoms with van der Waals surface area (Å²) in [4.78, 5) is 14.8. The van der Waals surface area contributed by atoms with Crippen LogP contribution >= 0.6 is 0 Å². The predicted molar refractivity (Wildman–Crippen MR) is 97.5 cm³/mol. The number of hydrogen-bond acceptors (Lipinski definition) is 3. The molecule has 25 heavy (non-hydrogen) atoms. The number of urea groups is 1. The smallest absolute Gasteiger partial charge is 0.318 e. The number of ether oxygens (including phenoxy) is 1. The molecular weight excluding hydrogens is 314 g/mol. The minimum atomic E-state index is 0.0948. The van der Waals surface area contributed by atoms with Crippen LogP contribution < -0.4 is 10.6 Å². The van der Waals surface area contributed by atoms with Crippen LogP contribution in [-0.2, 0) is 4.74 Å². The molecule has 2 unspecified atom stereocenters. The molecule has 4 rings (SSSR count). The highest BCUT2D eigenvalue weighted by atomic mass is 16.5. The third-order valence-corrected chi connectivity index (χ3v) is 6.13. The van der Waals surface area contributed by atoms with Crippen molar-refractivity contribution in [2.24, 2.45) is 11.8 Å². The van der Waals surface area contributed by atoms with Gasteiger partial charge in [0.15, 0.2) is 0 Å². The molecule has 0 spiro atoms. The number of benzene rings is 1. The number of nitrogens with one attached hydrogen (secondary N) is 2. The maximum absolute atomic E-state index is 12.7. The van der Waals surface area contributed by atoms with Crippen molar-refractivity contribution in [1.82, 2.24) is 15.5 Å². The molecule has 2 amide bonds. The van der Waals surface area contributed by atoms with E-state index in [9.17, 15) is 4.79 Å². The van der Waals surface area contributed by atoms with E-state index in [1.165, 1.54) is 24.0 Å². The number of carbonyl (C=O) groups excluding carboxylic acids is 1. The summed E-state index contributed by atoms with van der Waals surface area (Å²) in [7, 11) is 0. The fourth-order valence-electron chi connectivity index (χ4n) is 4.78. The molecule has 1 aromatic carbocycles. The Bertz CT molecular complexity index is 615. The minimum Gasteiger partial charge on any atom is -0.381 e. The molecule has 3 heterocycles. The van der Waals surface area contributed by atoms with Gasteiger partial charge >= 0.3 is 6.03 Å². The highest BCUT2D eigenvalue weighted by Crippen LogP contribution is 2.34. The van der Waals surface area contributed by atoms with Gasteiger partial charge in [0, 0.05) is 25.1 Å². The second-order valence-corrected chi connectivity index (χ2v) is 7.75. The van der Waals surface area contributed by atoms with Crippen molar-refractivity contribution in [3.05, 3.63) is 35.4 Å². The van der Waals surface area contributed by atoms with Crippen LogP contribution in [-0.4, -0.2) is 49.8 Å². The standard InChI is InChI=1S/C20H29N3O2/c1-14-3-2-4-16(11-14)18-12-23(20(24)22-18)19-7-10-25-13-17(19)15-5-8-21-9-6-15/h2-4,11,15,17-19,21H,5-10,12-13H2,1H3,(H,22,24)/t17-,18?,19?/m0/s1. The normalized spacial score (nSPS) is 31.2. The number of rotatable bonds is 3. The van der Waals surface area contributed by atoms with Gasteiger partial charge in [-0.2, -0.15) is 0 Å². The number of piperidine rings is 1. The second kappa shape index (κ2) is 7.34. The molecule has 3 atom stereocenters. The zero-order chi connectivity index (χ0) is 17.2. The summed E-state index contributed by atoms with van der Waals surface area (Å²) in [5, 5.41) is 6.65. The van der Waals surface area contributed by atoms with E-state index in [4.69, 9.17) is 4.74 Å². The summed E-state index contributed by atoms with van der Waals surface area (Å²) in [6, 6.07) is 8.99. The molecule has 0 bridgehead atoms. The van der Waals surface area contributed by atoms with Crippen molar-refractivity contribution in [2.45, 2.75) is 38.3 Å². The van der Waals surface area contributed by atoms with Crippen LogP contribution in [0.15, 0.2) is 24.3 Å². The van der Waals surface area contributed by atoms with Crippen LogP contribution in [0.5, 0.6) is 0 Å². The zero-order valence-electron chi connectivity index (χ0n) is 15.0. The van der Waals surface area contributed by atoms with Crippen LogP contribution in [0.1, 0.15) is 36.4 Å². The maximum atomic E-state index is 12.7. The van der Waals surface area contributed by atoms with Gasteiger partial charge in [-0.1, -0.05) is 29.8 Å². The Kier molecular flexibility index (Phi) is 4.95. The van der Waals surface area contributed by atoms with E-state index in [0.29, 0.717) is 17.9 Å². The van der Waals surface area contributed by atoms with E-state index in [2.05, 4.69) is 46.7 Å². The van der Waals surface area contributed by atoms with Crippen LogP contribution in [0, 0.1) is 18.8 Å². The SMILES string of the molecule is Cc1cccc(C2CN(C3CCOC[C@H]3C3CCNCC3)C(=O)N2)c1. The van der Waals surface area contributed by atoms with Gasteiger partial charge in [0.25, 0.3) is 0 Å². The lowest BCUT2D eigenvalue weighted by Crippen LogP contribution is -2.51. The Morgan fingerprint density at radius 3 is 2.84 bits per heavy atom. The van der Waals surface area contributed by atoms with Crippen molar-refractivity contribution in [2.75, 3.05) is 32.8 Å². The largest absolute Gasteiger partial charge is 0.381 e. The highest BCUT2D eigenvalue weighted by Gasteiger charge is 2.42. The predicted octanol–water partition coefficient (Wildman–Crippen LogP) is 2.47. The van der Waals surface area contributed by atoms with Gasteiger partial charge in [0.2, 0.25) is 0 Å². The summed E-state index contributed by atoms with van der Waals surface area (Å²) in [6.07, 6.45) is 3.35. The monoisotopic (exact) mass is 343 g/mol. The van der Waals surface area contributed by atoms with Crippen molar-refractivity contribution in [1.29, 1.82) is 0 Å². The topological polar surface area (TPSA) is 53.6 Å². The molecule has 3 aliphatic heterocycles. The average molecular weight is 343 g/mol. The van der Waals surface area contributed by atoms with Gasteiger partial charge < -0.3 is 20.3 Å². The fourth-order valence-corrected chi connectivity index (χ4v) is 4.78. The molecular formula is C20H29N3O2. The molecule has 5 nitrogen and oxygen atoms in total. The van der Waals surface area contributed by atoms with Gasteiger partial charge in [-0.15, -0.1) is 0 Å². The highest BCUT2D eigenvalue weighted by molar-refractivity contribution is 5.77. The third-order valence-electron chi connectivity index (χ3n) is 6.13. The number of carbonyl (C=O) groups is 1. The van der Waals surface area contributed by atoms with Crippen LogP contribution in [0.2, 0.25) is 0 Å². The molecule has 136 valence electrons. The Labute approximate surface area is 150 Å². The zero-order valence-corrected chi connectivity index (χ0v) is 15.0. The van der Waals surface area contributed by atoms with E-state index in [0.717, 1.165) is 39.3 Å². The Morgan fingerprint density at radius 2 is 2.04 bits per heavy atom. The van der Waals surface area contributed by atoms with E-state index in [-0.39, 0.29) is 12.1 Å². The third kappa shape index (κ3) is 3.53. The van der Waals surface area contributed by atoms with E-state index in [1.807, 2.05) is 0 Å². The molecule has 3 saturated heterocycles. The lowest BCUT2D eigenvalue weighted by molar-refractivity contribution is -0.0250. The molecule has 0 saturated carbocycles. The van der Waals surface area contributed by atoms with Crippen LogP contribution in [0.25, 0.3) is 0 Å². The summed E-state index contributed by atoms with van der Waals surface area (Å²) in [6.45, 7) is 6.62. The van der Waals surface area contributed by atoms with Crippen LogP contribution in [0.3, 0.4) is 0 Å². The van der Waals surface area contributed by atoms with Gasteiger partial charge in [0.05, 0.1) is 12.6 Å². The van der Waals surface area contributed by atoms with Gasteiger partial charge in [-0.25, -0.2) is 4.79 Å². The summed E-state index contributed by atoms with van der Waals surface area (Å²) >= 11 is 0. The molecule has 0 aromatic heterocycles. The van der Waals surface area contributed by atoms with E-state index in [1.54, 1.807) is 0 Å². The van der Waals surface area contributed by atoms with Crippen molar-refractivity contribution in [3.63, 3.8) is 0 Å². The van der Waals surface area contributed by atoms with Crippen molar-refractivity contribution >= 4 is 6.03 Å². The van der Waals surface area contributed by atoms with E-state index < -0.39 is 0 Å². The molecule has 1 aromatic rings. The Balaban J connectivity index is 1.50. The second-order valence-electron chi connectivity index (χ2n) is 7.75. The Hall–Kier alpha value is -1.59. The number of aryl methyl sites for hydroxylation is 1. The van der Waals surface area contributed by atoms with Gasteiger partial charge in [-0.05, 0) is 50.8 Å². The molecule has 0 aliphatic carbocycles. The van der Waals surface area contributed by atoms with Crippen molar-refractivity contribution in [3.8, 4) is 0 Å². The quantitative estimate of drug-likeness (QED) is 0.886. The molecule has 3 fully saturated rings. The van der Waals surface area contributed by atoms with Crippen molar-refractivity contribution < 1.29 is 9.53 Å². The molecule has 3 aliphatic rings. The number of hydrogen-bond donors (Lipinski definition) is 2. The first-order chi connectivity index (χ1) is 12.2. The van der Waals surface area contributed by atoms with Gasteiger partial charge in [0.1, 0.15) is 0 Å². The molecule has 5 heteroatoms. The number of amides is 2. The van der Waals surface area contributed by atoms with E-state index >= 15 is 0 Å².